The van der Waals surface area contributed by atoms with Crippen LogP contribution in [0.2, 0.25) is 10.0 Å². The fraction of sp³-hybridized carbons (Fsp3) is 0.417. The van der Waals surface area contributed by atoms with E-state index in [-0.39, 0.29) is 28.9 Å². The molecule has 4 amide bonds. The first-order valence-electron chi connectivity index (χ1n) is 10.7. The van der Waals surface area contributed by atoms with Crippen molar-refractivity contribution in [2.45, 2.75) is 46.1 Å². The molecule has 4 N–H and O–H groups in total. The van der Waals surface area contributed by atoms with Crippen LogP contribution < -0.4 is 21.3 Å². The number of anilines is 2. The van der Waals surface area contributed by atoms with Crippen LogP contribution in [0, 0.1) is 10.8 Å². The summed E-state index contributed by atoms with van der Waals surface area (Å²) < 4.78 is 0. The second-order valence-electron chi connectivity index (χ2n) is 9.68. The van der Waals surface area contributed by atoms with Crippen molar-refractivity contribution in [1.82, 2.24) is 10.6 Å². The van der Waals surface area contributed by atoms with Crippen molar-refractivity contribution in [3.8, 4) is 0 Å². The molecular weight excluding hydrogens is 447 g/mol. The quantitative estimate of drug-likeness (QED) is 0.395. The van der Waals surface area contributed by atoms with Gasteiger partial charge in [-0.2, -0.15) is 0 Å². The molecule has 0 aromatic heterocycles. The first-order valence-corrected chi connectivity index (χ1v) is 11.4. The first kappa shape index (κ1) is 24.2. The Balaban J connectivity index is 1.57. The van der Waals surface area contributed by atoms with E-state index in [1.54, 1.807) is 48.5 Å². The summed E-state index contributed by atoms with van der Waals surface area (Å²) in [4.78, 5) is 25.0. The van der Waals surface area contributed by atoms with Crippen LogP contribution in [0.1, 0.15) is 40.0 Å². The summed E-state index contributed by atoms with van der Waals surface area (Å²) in [7, 11) is 0. The maximum Gasteiger partial charge on any atom is 0.319 e. The standard InChI is InChI=1S/C24H30Cl2N4O2/c1-23(2)12-20(30-22(32)29-19-9-5-7-17(26)11-19)13-24(3,14-23)15-27-21(31)28-18-8-4-6-16(25)10-18/h4-11,20H,12-15H2,1-3H3,(H2,27,28,31)(H2,29,30,32). The van der Waals surface area contributed by atoms with Crippen molar-refractivity contribution >= 4 is 46.6 Å². The van der Waals surface area contributed by atoms with Gasteiger partial charge in [0.1, 0.15) is 0 Å². The Morgan fingerprint density at radius 3 is 2.03 bits per heavy atom. The van der Waals surface area contributed by atoms with E-state index >= 15 is 0 Å². The van der Waals surface area contributed by atoms with Gasteiger partial charge in [-0.1, -0.05) is 56.1 Å². The van der Waals surface area contributed by atoms with Crippen LogP contribution in [0.3, 0.4) is 0 Å². The summed E-state index contributed by atoms with van der Waals surface area (Å²) in [5, 5.41) is 12.9. The Hall–Kier alpha value is -2.44. The molecule has 0 radical (unpaired) electrons. The zero-order valence-electron chi connectivity index (χ0n) is 18.6. The number of carbonyl (C=O) groups excluding carboxylic acids is 2. The van der Waals surface area contributed by atoms with Gasteiger partial charge < -0.3 is 21.3 Å². The molecule has 0 spiro atoms. The topological polar surface area (TPSA) is 82.3 Å². The van der Waals surface area contributed by atoms with Crippen molar-refractivity contribution in [2.24, 2.45) is 10.8 Å². The minimum absolute atomic E-state index is 0.0132. The van der Waals surface area contributed by atoms with E-state index in [0.717, 1.165) is 19.3 Å². The van der Waals surface area contributed by atoms with Crippen LogP contribution in [0.25, 0.3) is 0 Å². The average molecular weight is 477 g/mol. The zero-order valence-corrected chi connectivity index (χ0v) is 20.1. The maximum absolute atomic E-state index is 12.6. The fourth-order valence-corrected chi connectivity index (χ4v) is 5.21. The number of halogens is 2. The number of urea groups is 2. The molecule has 2 aromatic rings. The SMILES string of the molecule is CC1(C)CC(NC(=O)Nc2cccc(Cl)c2)CC(C)(CNC(=O)Nc2cccc(Cl)c2)C1. The lowest BCUT2D eigenvalue weighted by Gasteiger charge is -2.46. The predicted molar refractivity (Wildman–Crippen MR) is 132 cm³/mol. The number of benzene rings is 2. The van der Waals surface area contributed by atoms with Crippen molar-refractivity contribution in [1.29, 1.82) is 0 Å². The normalized spacial score (nSPS) is 22.0. The van der Waals surface area contributed by atoms with Gasteiger partial charge in [0.2, 0.25) is 0 Å². The van der Waals surface area contributed by atoms with E-state index in [4.69, 9.17) is 23.2 Å². The van der Waals surface area contributed by atoms with Gasteiger partial charge in [-0.3, -0.25) is 0 Å². The number of hydrogen-bond donors (Lipinski definition) is 4. The average Bonchev–Trinajstić information content (AvgIpc) is 2.65. The van der Waals surface area contributed by atoms with Gasteiger partial charge in [0.05, 0.1) is 0 Å². The summed E-state index contributed by atoms with van der Waals surface area (Å²) in [5.41, 5.74) is 1.14. The Labute approximate surface area is 199 Å². The predicted octanol–water partition coefficient (Wildman–Crippen LogP) is 6.52. The van der Waals surface area contributed by atoms with Crippen LogP contribution in [0.5, 0.6) is 0 Å². The highest BCUT2D eigenvalue weighted by Gasteiger charge is 2.41. The van der Waals surface area contributed by atoms with Gasteiger partial charge >= 0.3 is 12.1 Å². The Kier molecular flexibility index (Phi) is 7.57. The number of rotatable bonds is 5. The highest BCUT2D eigenvalue weighted by Crippen LogP contribution is 2.45. The Morgan fingerprint density at radius 2 is 1.47 bits per heavy atom. The van der Waals surface area contributed by atoms with E-state index in [0.29, 0.717) is 28.0 Å². The molecule has 2 aromatic carbocycles. The third-order valence-corrected chi connectivity index (χ3v) is 6.09. The van der Waals surface area contributed by atoms with E-state index < -0.39 is 0 Å². The number of hydrogen-bond acceptors (Lipinski definition) is 2. The van der Waals surface area contributed by atoms with Gasteiger partial charge in [-0.05, 0) is 66.5 Å². The van der Waals surface area contributed by atoms with E-state index in [1.165, 1.54) is 0 Å². The summed E-state index contributed by atoms with van der Waals surface area (Å²) in [6, 6.07) is 13.5. The molecule has 1 aliphatic carbocycles. The number of nitrogens with one attached hydrogen (secondary N) is 4. The van der Waals surface area contributed by atoms with Crippen molar-refractivity contribution in [3.05, 3.63) is 58.6 Å². The highest BCUT2D eigenvalue weighted by atomic mass is 35.5. The molecule has 172 valence electrons. The zero-order chi connectivity index (χ0) is 23.4. The lowest BCUT2D eigenvalue weighted by molar-refractivity contribution is 0.0761. The molecule has 0 heterocycles. The Bertz CT molecular complexity index is 982. The number of amides is 4. The highest BCUT2D eigenvalue weighted by molar-refractivity contribution is 6.31. The Morgan fingerprint density at radius 1 is 0.906 bits per heavy atom. The molecule has 1 aliphatic rings. The largest absolute Gasteiger partial charge is 0.337 e. The maximum atomic E-state index is 12.6. The van der Waals surface area contributed by atoms with Crippen LogP contribution in [-0.2, 0) is 0 Å². The van der Waals surface area contributed by atoms with Gasteiger partial charge in [0, 0.05) is 34.0 Å². The summed E-state index contributed by atoms with van der Waals surface area (Å²) in [6.45, 7) is 7.04. The van der Waals surface area contributed by atoms with Crippen LogP contribution in [-0.4, -0.2) is 24.6 Å². The molecule has 2 unspecified atom stereocenters. The van der Waals surface area contributed by atoms with Crippen molar-refractivity contribution < 1.29 is 9.59 Å². The third kappa shape index (κ3) is 7.31. The summed E-state index contributed by atoms with van der Waals surface area (Å²) >= 11 is 12.0. The molecule has 1 saturated carbocycles. The first-order chi connectivity index (χ1) is 15.0. The summed E-state index contributed by atoms with van der Waals surface area (Å²) in [6.07, 6.45) is 2.56. The molecule has 2 atom stereocenters. The monoisotopic (exact) mass is 476 g/mol. The van der Waals surface area contributed by atoms with Crippen LogP contribution in [0.4, 0.5) is 21.0 Å². The third-order valence-electron chi connectivity index (χ3n) is 5.62. The molecule has 3 rings (SSSR count). The van der Waals surface area contributed by atoms with Crippen LogP contribution >= 0.6 is 23.2 Å². The molecular formula is C24H30Cl2N4O2. The van der Waals surface area contributed by atoms with Gasteiger partial charge in [-0.25, -0.2) is 9.59 Å². The van der Waals surface area contributed by atoms with Gasteiger partial charge in [-0.15, -0.1) is 0 Å². The molecule has 0 aliphatic heterocycles. The van der Waals surface area contributed by atoms with Crippen LogP contribution in [0.15, 0.2) is 48.5 Å². The van der Waals surface area contributed by atoms with Gasteiger partial charge in [0.25, 0.3) is 0 Å². The second-order valence-corrected chi connectivity index (χ2v) is 10.6. The van der Waals surface area contributed by atoms with Gasteiger partial charge in [0.15, 0.2) is 0 Å². The van der Waals surface area contributed by atoms with E-state index in [2.05, 4.69) is 42.0 Å². The molecule has 0 saturated heterocycles. The van der Waals surface area contributed by atoms with E-state index in [9.17, 15) is 9.59 Å². The molecule has 32 heavy (non-hydrogen) atoms. The van der Waals surface area contributed by atoms with E-state index in [1.807, 2.05) is 0 Å². The smallest absolute Gasteiger partial charge is 0.319 e. The van der Waals surface area contributed by atoms with Crippen molar-refractivity contribution in [3.63, 3.8) is 0 Å². The molecule has 6 nitrogen and oxygen atoms in total. The molecule has 8 heteroatoms. The fourth-order valence-electron chi connectivity index (χ4n) is 4.82. The van der Waals surface area contributed by atoms with Crippen molar-refractivity contribution in [2.75, 3.05) is 17.2 Å². The summed E-state index contributed by atoms with van der Waals surface area (Å²) in [5.74, 6) is 0. The lowest BCUT2D eigenvalue weighted by atomic mass is 9.62. The lowest BCUT2D eigenvalue weighted by Crippen LogP contribution is -2.51. The number of carbonyl (C=O) groups is 2. The molecule has 1 fully saturated rings. The molecule has 0 bridgehead atoms. The minimum Gasteiger partial charge on any atom is -0.337 e. The minimum atomic E-state index is -0.278. The second kappa shape index (κ2) is 10.0.